The lowest BCUT2D eigenvalue weighted by molar-refractivity contribution is 0.195. The third-order valence-corrected chi connectivity index (χ3v) is 0.446. The van der Waals surface area contributed by atoms with E-state index in [1.807, 2.05) is 0 Å². The zero-order valence-corrected chi connectivity index (χ0v) is 5.92. The number of nitrogens with two attached hydrogens (primary N) is 1. The van der Waals surface area contributed by atoms with Gasteiger partial charge in [-0.1, -0.05) is 5.92 Å². The summed E-state index contributed by atoms with van der Waals surface area (Å²) in [6.45, 7) is 2.56. The largest absolute Gasteiger partial charge is 0.465 e. The monoisotopic (exact) mass is 144 g/mol. The molecule has 0 bridgehead atoms. The van der Waals surface area contributed by atoms with Gasteiger partial charge in [0.05, 0.1) is 6.54 Å². The normalized spacial score (nSPS) is 6.50. The summed E-state index contributed by atoms with van der Waals surface area (Å²) < 4.78 is 0. The molecule has 0 aliphatic rings. The summed E-state index contributed by atoms with van der Waals surface area (Å²) in [5.41, 5.74) is 4.79. The molecule has 0 heterocycles. The number of hydrogen-bond donors (Lipinski definition) is 3. The predicted molar refractivity (Wildman–Crippen MR) is 39.6 cm³/mol. The van der Waals surface area contributed by atoms with Gasteiger partial charge in [-0.15, -0.1) is 6.42 Å². The van der Waals surface area contributed by atoms with Crippen molar-refractivity contribution in [3.63, 3.8) is 0 Å². The molecule has 10 heavy (non-hydrogen) atoms. The van der Waals surface area contributed by atoms with Gasteiger partial charge in [-0.3, -0.25) is 0 Å². The van der Waals surface area contributed by atoms with Crippen LogP contribution in [-0.4, -0.2) is 24.3 Å². The Morgan fingerprint density at radius 2 is 2.30 bits per heavy atom. The zero-order valence-electron chi connectivity index (χ0n) is 5.92. The van der Waals surface area contributed by atoms with Gasteiger partial charge in [0.2, 0.25) is 0 Å². The molecular weight excluding hydrogens is 132 g/mol. The zero-order chi connectivity index (χ0) is 8.41. The molecule has 0 atom stereocenters. The average Bonchev–Trinajstić information content (AvgIpc) is 1.89. The van der Waals surface area contributed by atoms with Gasteiger partial charge in [0.25, 0.3) is 0 Å². The van der Waals surface area contributed by atoms with Crippen LogP contribution in [0.1, 0.15) is 6.92 Å². The minimum atomic E-state index is -0.961. The van der Waals surface area contributed by atoms with Crippen LogP contribution in [0.2, 0.25) is 0 Å². The fraction of sp³-hybridized carbons (Fsp3) is 0.500. The molecule has 4 nitrogen and oxygen atoms in total. The summed E-state index contributed by atoms with van der Waals surface area (Å²) in [4.78, 5) is 9.49. The first-order valence-corrected chi connectivity index (χ1v) is 2.79. The summed E-state index contributed by atoms with van der Waals surface area (Å²) in [5.74, 6) is 2.21. The van der Waals surface area contributed by atoms with E-state index in [1.54, 1.807) is 6.92 Å². The fourth-order valence-corrected chi connectivity index (χ4v) is 0.151. The molecule has 4 heteroatoms. The predicted octanol–water partition coefficient (Wildman–Crippen LogP) is -0.148. The highest BCUT2D eigenvalue weighted by Gasteiger charge is 1.82. The Morgan fingerprint density at radius 1 is 1.90 bits per heavy atom. The van der Waals surface area contributed by atoms with E-state index in [4.69, 9.17) is 10.8 Å². The van der Waals surface area contributed by atoms with Gasteiger partial charge in [-0.05, 0) is 6.92 Å². The molecule has 0 aliphatic carbocycles. The van der Waals surface area contributed by atoms with Crippen LogP contribution in [-0.2, 0) is 0 Å². The van der Waals surface area contributed by atoms with E-state index in [0.29, 0.717) is 13.1 Å². The molecule has 0 fully saturated rings. The summed E-state index contributed by atoms with van der Waals surface area (Å²) in [5, 5.41) is 9.93. The van der Waals surface area contributed by atoms with Crippen molar-refractivity contribution in [2.75, 3.05) is 13.1 Å². The van der Waals surface area contributed by atoms with Gasteiger partial charge in [-0.2, -0.15) is 0 Å². The SMILES string of the molecule is C#CCN.CCNC(=O)O. The van der Waals surface area contributed by atoms with Crippen LogP contribution in [0.15, 0.2) is 0 Å². The molecular formula is C6H12N2O2. The van der Waals surface area contributed by atoms with Crippen LogP contribution < -0.4 is 11.1 Å². The Hall–Kier alpha value is -1.21. The first kappa shape index (κ1) is 11.6. The van der Waals surface area contributed by atoms with Crippen LogP contribution >= 0.6 is 0 Å². The van der Waals surface area contributed by atoms with Crippen LogP contribution in [0, 0.1) is 12.3 Å². The molecule has 0 saturated carbocycles. The Labute approximate surface area is 60.4 Å². The van der Waals surface area contributed by atoms with Crippen LogP contribution in [0.5, 0.6) is 0 Å². The lowest BCUT2D eigenvalue weighted by Gasteiger charge is -1.87. The number of nitrogens with one attached hydrogen (secondary N) is 1. The van der Waals surface area contributed by atoms with Crippen molar-refractivity contribution in [3.05, 3.63) is 0 Å². The number of carbonyl (C=O) groups is 1. The van der Waals surface area contributed by atoms with Crippen molar-refractivity contribution in [1.82, 2.24) is 5.32 Å². The third-order valence-electron chi connectivity index (χ3n) is 0.446. The number of amides is 1. The molecule has 0 aromatic rings. The van der Waals surface area contributed by atoms with E-state index in [0.717, 1.165) is 0 Å². The lowest BCUT2D eigenvalue weighted by Crippen LogP contribution is -2.19. The quantitative estimate of drug-likeness (QED) is 0.448. The summed E-state index contributed by atoms with van der Waals surface area (Å²) in [6, 6.07) is 0. The molecule has 0 rings (SSSR count). The summed E-state index contributed by atoms with van der Waals surface area (Å²) in [6.07, 6.45) is 3.69. The second-order valence-corrected chi connectivity index (χ2v) is 1.24. The standard InChI is InChI=1S/C3H7NO2.C3H5N/c1-2-4-3(5)6;1-2-3-4/h4H,2H2,1H3,(H,5,6);1H,3-4H2. The van der Waals surface area contributed by atoms with Crippen LogP contribution in [0.25, 0.3) is 0 Å². The Bertz CT molecular complexity index is 117. The highest BCUT2D eigenvalue weighted by atomic mass is 16.4. The van der Waals surface area contributed by atoms with Gasteiger partial charge in [-0.25, -0.2) is 4.79 Å². The minimum Gasteiger partial charge on any atom is -0.465 e. The van der Waals surface area contributed by atoms with Crippen molar-refractivity contribution in [2.24, 2.45) is 5.73 Å². The highest BCUT2D eigenvalue weighted by molar-refractivity contribution is 5.64. The molecule has 0 aromatic carbocycles. The molecule has 0 aromatic heterocycles. The first-order chi connectivity index (χ1) is 4.68. The second-order valence-electron chi connectivity index (χ2n) is 1.24. The number of rotatable bonds is 1. The maximum atomic E-state index is 9.49. The van der Waals surface area contributed by atoms with E-state index in [-0.39, 0.29) is 0 Å². The highest BCUT2D eigenvalue weighted by Crippen LogP contribution is 1.54. The molecule has 1 amide bonds. The number of terminal acetylenes is 1. The summed E-state index contributed by atoms with van der Waals surface area (Å²) >= 11 is 0. The third kappa shape index (κ3) is 29.2. The lowest BCUT2D eigenvalue weighted by atomic mass is 10.7. The molecule has 0 unspecified atom stereocenters. The number of hydrogen-bond acceptors (Lipinski definition) is 2. The molecule has 0 saturated heterocycles. The van der Waals surface area contributed by atoms with E-state index in [1.165, 1.54) is 0 Å². The van der Waals surface area contributed by atoms with Crippen molar-refractivity contribution in [2.45, 2.75) is 6.92 Å². The number of carboxylic acid groups (broad SMARTS) is 1. The van der Waals surface area contributed by atoms with E-state index in [2.05, 4.69) is 17.7 Å². The topological polar surface area (TPSA) is 75.3 Å². The molecule has 0 aliphatic heterocycles. The molecule has 4 N–H and O–H groups in total. The van der Waals surface area contributed by atoms with Crippen molar-refractivity contribution < 1.29 is 9.90 Å². The van der Waals surface area contributed by atoms with E-state index < -0.39 is 6.09 Å². The Morgan fingerprint density at radius 3 is 2.30 bits per heavy atom. The van der Waals surface area contributed by atoms with Crippen molar-refractivity contribution >= 4 is 6.09 Å². The van der Waals surface area contributed by atoms with E-state index >= 15 is 0 Å². The molecule has 58 valence electrons. The Kier molecular flexibility index (Phi) is 12.4. The minimum absolute atomic E-state index is 0.347. The van der Waals surface area contributed by atoms with Gasteiger partial charge >= 0.3 is 6.09 Å². The van der Waals surface area contributed by atoms with Gasteiger partial charge < -0.3 is 16.2 Å². The van der Waals surface area contributed by atoms with Crippen LogP contribution in [0.3, 0.4) is 0 Å². The molecule has 0 radical (unpaired) electrons. The van der Waals surface area contributed by atoms with Gasteiger partial charge in [0.15, 0.2) is 0 Å². The summed E-state index contributed by atoms with van der Waals surface area (Å²) in [7, 11) is 0. The van der Waals surface area contributed by atoms with Crippen molar-refractivity contribution in [1.29, 1.82) is 0 Å². The van der Waals surface area contributed by atoms with E-state index in [9.17, 15) is 4.79 Å². The van der Waals surface area contributed by atoms with Gasteiger partial charge in [0, 0.05) is 6.54 Å². The van der Waals surface area contributed by atoms with Crippen molar-refractivity contribution in [3.8, 4) is 12.3 Å². The first-order valence-electron chi connectivity index (χ1n) is 2.79. The maximum absolute atomic E-state index is 9.49. The molecule has 0 spiro atoms. The van der Waals surface area contributed by atoms with Crippen LogP contribution in [0.4, 0.5) is 4.79 Å². The smallest absolute Gasteiger partial charge is 0.404 e. The Balaban J connectivity index is 0. The maximum Gasteiger partial charge on any atom is 0.404 e. The average molecular weight is 144 g/mol. The second kappa shape index (κ2) is 10.7. The van der Waals surface area contributed by atoms with Gasteiger partial charge in [0.1, 0.15) is 0 Å². The fourth-order valence-electron chi connectivity index (χ4n) is 0.151.